The van der Waals surface area contributed by atoms with Gasteiger partial charge in [0.05, 0.1) is 0 Å². The van der Waals surface area contributed by atoms with Crippen molar-refractivity contribution in [2.45, 2.75) is 31.0 Å². The maximum atomic E-state index is 13.3. The number of nitrogens with one attached hydrogen (secondary N) is 3. The van der Waals surface area contributed by atoms with Gasteiger partial charge in [0.1, 0.15) is 23.7 Å². The van der Waals surface area contributed by atoms with Gasteiger partial charge >= 0.3 is 0 Å². The third kappa shape index (κ3) is 5.76. The van der Waals surface area contributed by atoms with Gasteiger partial charge in [0.2, 0.25) is 11.8 Å². The highest BCUT2D eigenvalue weighted by atomic mass is 19.1. The van der Waals surface area contributed by atoms with Gasteiger partial charge in [0.15, 0.2) is 6.10 Å². The Labute approximate surface area is 183 Å². The summed E-state index contributed by atoms with van der Waals surface area (Å²) < 4.78 is 26.6. The summed E-state index contributed by atoms with van der Waals surface area (Å²) in [6, 6.07) is 9.74. The molecule has 0 spiro atoms. The maximum Gasteiger partial charge on any atom is 0.254 e. The highest BCUT2D eigenvalue weighted by Crippen LogP contribution is 2.19. The van der Waals surface area contributed by atoms with Crippen molar-refractivity contribution in [2.24, 2.45) is 0 Å². The van der Waals surface area contributed by atoms with Gasteiger partial charge in [-0.2, -0.15) is 0 Å². The predicted octanol–water partition coefficient (Wildman–Crippen LogP) is 1.46. The molecule has 2 aromatic carbocycles. The lowest BCUT2D eigenvalue weighted by molar-refractivity contribution is -0.134. The number of carbonyl (C=O) groups is 3. The predicted molar refractivity (Wildman–Crippen MR) is 112 cm³/mol. The molecule has 2 aromatic rings. The Morgan fingerprint density at radius 1 is 1.06 bits per heavy atom. The van der Waals surface area contributed by atoms with Gasteiger partial charge in [-0.25, -0.2) is 8.78 Å². The van der Waals surface area contributed by atoms with E-state index in [1.165, 1.54) is 6.92 Å². The van der Waals surface area contributed by atoms with Crippen molar-refractivity contribution in [2.75, 3.05) is 6.54 Å². The number of halogens is 2. The molecule has 4 N–H and O–H groups in total. The smallest absolute Gasteiger partial charge is 0.254 e. The molecule has 32 heavy (non-hydrogen) atoms. The zero-order valence-electron chi connectivity index (χ0n) is 17.2. The molecule has 1 aliphatic heterocycles. The summed E-state index contributed by atoms with van der Waals surface area (Å²) in [6.45, 7) is 1.73. The summed E-state index contributed by atoms with van der Waals surface area (Å²) >= 11 is 0. The first kappa shape index (κ1) is 23.1. The summed E-state index contributed by atoms with van der Waals surface area (Å²) in [5.41, 5.74) is 0.727. The average molecular weight is 443 g/mol. The minimum Gasteiger partial charge on any atom is -0.378 e. The Bertz CT molecular complexity index is 1010. The Morgan fingerprint density at radius 2 is 1.72 bits per heavy atom. The van der Waals surface area contributed by atoms with Gasteiger partial charge in [-0.15, -0.1) is 0 Å². The molecule has 1 heterocycles. The summed E-state index contributed by atoms with van der Waals surface area (Å²) in [5.74, 6) is -4.03. The van der Waals surface area contributed by atoms with Crippen molar-refractivity contribution in [1.82, 2.24) is 16.0 Å². The van der Waals surface area contributed by atoms with Crippen molar-refractivity contribution in [3.8, 4) is 0 Å². The Kier molecular flexibility index (Phi) is 7.32. The highest BCUT2D eigenvalue weighted by molar-refractivity contribution is 5.93. The van der Waals surface area contributed by atoms with Crippen LogP contribution in [0.1, 0.15) is 30.1 Å². The van der Waals surface area contributed by atoms with E-state index < -0.39 is 47.5 Å². The second-order valence-corrected chi connectivity index (χ2v) is 7.47. The molecule has 0 radical (unpaired) electrons. The molecule has 9 heteroatoms. The number of benzene rings is 2. The number of aliphatic hydroxyl groups excluding tert-OH is 1. The van der Waals surface area contributed by atoms with Crippen molar-refractivity contribution in [1.29, 1.82) is 0 Å². The third-order valence-electron chi connectivity index (χ3n) is 5.04. The molecule has 1 aliphatic rings. The minimum absolute atomic E-state index is 0.0546. The molecule has 0 bridgehead atoms. The summed E-state index contributed by atoms with van der Waals surface area (Å²) in [7, 11) is 0. The lowest BCUT2D eigenvalue weighted by Gasteiger charge is -2.19. The lowest BCUT2D eigenvalue weighted by Crippen LogP contribution is -2.52. The van der Waals surface area contributed by atoms with E-state index >= 15 is 0 Å². The first-order chi connectivity index (χ1) is 15.2. The van der Waals surface area contributed by atoms with Crippen LogP contribution >= 0.6 is 0 Å². The van der Waals surface area contributed by atoms with E-state index in [4.69, 9.17) is 0 Å². The van der Waals surface area contributed by atoms with Crippen LogP contribution in [-0.2, 0) is 14.4 Å². The molecule has 3 rings (SSSR count). The number of hydrogen-bond donors (Lipinski definition) is 4. The first-order valence-corrected chi connectivity index (χ1v) is 10.0. The third-order valence-corrected chi connectivity index (χ3v) is 5.04. The number of amides is 3. The fourth-order valence-corrected chi connectivity index (χ4v) is 3.28. The number of carbonyl (C=O) groups excluding carboxylic acids is 3. The van der Waals surface area contributed by atoms with E-state index in [-0.39, 0.29) is 11.5 Å². The van der Waals surface area contributed by atoms with Gasteiger partial charge in [-0.05, 0) is 30.2 Å². The maximum absolute atomic E-state index is 13.3. The molecule has 4 atom stereocenters. The highest BCUT2D eigenvalue weighted by Gasteiger charge is 2.27. The first-order valence-electron chi connectivity index (χ1n) is 10.0. The van der Waals surface area contributed by atoms with Crippen LogP contribution in [0.4, 0.5) is 8.78 Å². The normalized spacial score (nSPS) is 19.9. The van der Waals surface area contributed by atoms with Gasteiger partial charge in [-0.3, -0.25) is 14.4 Å². The molecule has 0 unspecified atom stereocenters. The summed E-state index contributed by atoms with van der Waals surface area (Å²) in [4.78, 5) is 37.0. The van der Waals surface area contributed by atoms with Crippen LogP contribution in [0.15, 0.2) is 60.7 Å². The standard InChI is InChI=1S/C23H23F2N3O4/c1-13(27-23(32)20(29)16-9-17(24)11-18(25)10-16)21(30)28-19-8-7-15(12-26-22(19)31)14-5-3-2-4-6-14/h2-11,13,15,19-20,29H,12H2,1H3,(H,26,31)(H,27,32)(H,28,30)/t13-,15+,19-,20+/m0/s1. The van der Waals surface area contributed by atoms with E-state index in [2.05, 4.69) is 16.0 Å². The number of aliphatic hydroxyl groups is 1. The van der Waals surface area contributed by atoms with Crippen molar-refractivity contribution in [3.05, 3.63) is 83.4 Å². The molecule has 0 aromatic heterocycles. The van der Waals surface area contributed by atoms with Gasteiger partial charge in [-0.1, -0.05) is 42.5 Å². The number of hydrogen-bond acceptors (Lipinski definition) is 4. The van der Waals surface area contributed by atoms with Gasteiger partial charge < -0.3 is 21.1 Å². The van der Waals surface area contributed by atoms with E-state index in [0.717, 1.165) is 17.7 Å². The second-order valence-electron chi connectivity index (χ2n) is 7.47. The van der Waals surface area contributed by atoms with E-state index in [0.29, 0.717) is 12.6 Å². The monoisotopic (exact) mass is 443 g/mol. The molecule has 3 amide bonds. The van der Waals surface area contributed by atoms with Crippen LogP contribution in [0.3, 0.4) is 0 Å². The average Bonchev–Trinajstić information content (AvgIpc) is 2.94. The second kappa shape index (κ2) is 10.1. The van der Waals surface area contributed by atoms with Crippen LogP contribution in [0.2, 0.25) is 0 Å². The molecular weight excluding hydrogens is 420 g/mol. The van der Waals surface area contributed by atoms with Crippen molar-refractivity contribution < 1.29 is 28.3 Å². The zero-order valence-corrected chi connectivity index (χ0v) is 17.2. The van der Waals surface area contributed by atoms with Crippen LogP contribution in [0.25, 0.3) is 0 Å². The fourth-order valence-electron chi connectivity index (χ4n) is 3.28. The largest absolute Gasteiger partial charge is 0.378 e. The molecule has 0 saturated heterocycles. The molecule has 0 fully saturated rings. The summed E-state index contributed by atoms with van der Waals surface area (Å²) in [6.07, 6.45) is 1.53. The molecule has 168 valence electrons. The topological polar surface area (TPSA) is 108 Å². The number of rotatable bonds is 6. The van der Waals surface area contributed by atoms with Crippen LogP contribution in [0, 0.1) is 11.6 Å². The van der Waals surface area contributed by atoms with Crippen LogP contribution < -0.4 is 16.0 Å². The molecule has 7 nitrogen and oxygen atoms in total. The van der Waals surface area contributed by atoms with Gasteiger partial charge in [0, 0.05) is 18.5 Å². The zero-order chi connectivity index (χ0) is 23.3. The molecular formula is C23H23F2N3O4. The van der Waals surface area contributed by atoms with E-state index in [9.17, 15) is 28.3 Å². The van der Waals surface area contributed by atoms with Crippen LogP contribution in [0.5, 0.6) is 0 Å². The Hall–Kier alpha value is -3.59. The van der Waals surface area contributed by atoms with E-state index in [1.54, 1.807) is 6.08 Å². The quantitative estimate of drug-likeness (QED) is 0.507. The molecule has 0 saturated carbocycles. The Morgan fingerprint density at radius 3 is 2.38 bits per heavy atom. The van der Waals surface area contributed by atoms with Gasteiger partial charge in [0.25, 0.3) is 5.91 Å². The van der Waals surface area contributed by atoms with Crippen molar-refractivity contribution in [3.63, 3.8) is 0 Å². The SMILES string of the molecule is C[C@H](NC(=O)[C@H](O)c1cc(F)cc(F)c1)C(=O)N[C@H]1C=C[C@@H](c2ccccc2)CNC1=O. The fraction of sp³-hybridized carbons (Fsp3) is 0.261. The van der Waals surface area contributed by atoms with Crippen LogP contribution in [-0.4, -0.2) is 41.5 Å². The summed E-state index contributed by atoms with van der Waals surface area (Å²) in [5, 5.41) is 17.6. The van der Waals surface area contributed by atoms with Crippen molar-refractivity contribution >= 4 is 17.7 Å². The Balaban J connectivity index is 1.60. The molecule has 0 aliphatic carbocycles. The minimum atomic E-state index is -1.87. The van der Waals surface area contributed by atoms with E-state index in [1.807, 2.05) is 36.4 Å². The lowest BCUT2D eigenvalue weighted by atomic mass is 9.99.